The summed E-state index contributed by atoms with van der Waals surface area (Å²) in [7, 11) is 1.58. The van der Waals surface area contributed by atoms with E-state index in [1.807, 2.05) is 0 Å². The van der Waals surface area contributed by atoms with Crippen molar-refractivity contribution < 1.29 is 14.6 Å². The Balaban J connectivity index is 2.34. The molecule has 0 aliphatic carbocycles. The van der Waals surface area contributed by atoms with E-state index in [0.717, 1.165) is 19.5 Å². The molecule has 3 rings (SSSR count). The highest BCUT2D eigenvalue weighted by Gasteiger charge is 2.58. The molecule has 0 spiro atoms. The van der Waals surface area contributed by atoms with Crippen LogP contribution < -0.4 is 0 Å². The fourth-order valence-electron chi connectivity index (χ4n) is 3.31. The van der Waals surface area contributed by atoms with Crippen LogP contribution in [0.1, 0.15) is 20.3 Å². The molecule has 0 saturated carbocycles. The Morgan fingerprint density at radius 1 is 1.56 bits per heavy atom. The summed E-state index contributed by atoms with van der Waals surface area (Å²) in [5.74, 6) is 0.235. The van der Waals surface area contributed by atoms with E-state index in [1.54, 1.807) is 7.11 Å². The van der Waals surface area contributed by atoms with Crippen molar-refractivity contribution in [2.24, 2.45) is 11.3 Å². The molecule has 0 aromatic carbocycles. The standard InChI is InChI=1S/C12H21NO3/c1-11(2)6-13-5-4-9(11)10(15)12(13,7-14)8-16-3/h9,14H,4-8H2,1-3H3/t9-,12+/m0/s1. The third kappa shape index (κ3) is 1.44. The van der Waals surface area contributed by atoms with Crippen LogP contribution in [0.15, 0.2) is 0 Å². The van der Waals surface area contributed by atoms with Gasteiger partial charge in [-0.05, 0) is 11.8 Å². The van der Waals surface area contributed by atoms with E-state index in [0.29, 0.717) is 6.61 Å². The molecular formula is C12H21NO3. The van der Waals surface area contributed by atoms with Gasteiger partial charge in [-0.3, -0.25) is 9.69 Å². The van der Waals surface area contributed by atoms with E-state index >= 15 is 0 Å². The van der Waals surface area contributed by atoms with Gasteiger partial charge in [0.1, 0.15) is 5.54 Å². The van der Waals surface area contributed by atoms with Crippen LogP contribution in [0, 0.1) is 11.3 Å². The monoisotopic (exact) mass is 227 g/mol. The number of rotatable bonds is 3. The minimum atomic E-state index is -0.771. The van der Waals surface area contributed by atoms with Gasteiger partial charge >= 0.3 is 0 Å². The molecule has 3 atom stereocenters. The summed E-state index contributed by atoms with van der Waals surface area (Å²) in [6.45, 7) is 6.20. The van der Waals surface area contributed by atoms with Gasteiger partial charge in [-0.1, -0.05) is 13.8 Å². The third-order valence-corrected chi connectivity index (χ3v) is 4.25. The van der Waals surface area contributed by atoms with E-state index in [4.69, 9.17) is 4.74 Å². The van der Waals surface area contributed by atoms with Gasteiger partial charge in [0, 0.05) is 26.1 Å². The summed E-state index contributed by atoms with van der Waals surface area (Å²) in [5.41, 5.74) is -0.741. The topological polar surface area (TPSA) is 49.8 Å². The van der Waals surface area contributed by atoms with Gasteiger partial charge in [-0.25, -0.2) is 0 Å². The maximum absolute atomic E-state index is 12.5. The maximum Gasteiger partial charge on any atom is 0.161 e. The molecule has 1 N–H and O–H groups in total. The SMILES string of the molecule is COC[C@]1(CO)C(=O)[C@@H]2CCN1CC2(C)C. The number of carbonyl (C=O) groups is 1. The number of hydrogen-bond acceptors (Lipinski definition) is 4. The number of piperidine rings is 3. The van der Waals surface area contributed by atoms with Gasteiger partial charge in [0.15, 0.2) is 5.78 Å². The third-order valence-electron chi connectivity index (χ3n) is 4.25. The molecule has 16 heavy (non-hydrogen) atoms. The summed E-state index contributed by atoms with van der Waals surface area (Å²) in [6.07, 6.45) is 0.914. The molecule has 0 radical (unpaired) electrons. The van der Waals surface area contributed by atoms with Crippen LogP contribution in [-0.4, -0.2) is 54.7 Å². The number of nitrogens with zero attached hydrogens (tertiary/aromatic N) is 1. The number of ketones is 1. The smallest absolute Gasteiger partial charge is 0.161 e. The molecule has 4 heteroatoms. The lowest BCUT2D eigenvalue weighted by atomic mass is 9.62. The zero-order chi connectivity index (χ0) is 12.0. The van der Waals surface area contributed by atoms with Gasteiger partial charge in [-0.15, -0.1) is 0 Å². The second-order valence-corrected chi connectivity index (χ2v) is 5.74. The Morgan fingerprint density at radius 3 is 2.69 bits per heavy atom. The first kappa shape index (κ1) is 12.0. The lowest BCUT2D eigenvalue weighted by Gasteiger charge is -2.58. The average Bonchev–Trinajstić information content (AvgIpc) is 2.22. The molecule has 3 aliphatic rings. The highest BCUT2D eigenvalue weighted by molar-refractivity contribution is 5.93. The number of aliphatic hydroxyl groups is 1. The lowest BCUT2D eigenvalue weighted by Crippen LogP contribution is -2.73. The number of Topliss-reactive ketones (excluding diaryl/α,β-unsaturated/α-hetero) is 1. The Bertz CT molecular complexity index is 303. The quantitative estimate of drug-likeness (QED) is 0.753. The molecule has 2 bridgehead atoms. The van der Waals surface area contributed by atoms with Crippen molar-refractivity contribution in [3.8, 4) is 0 Å². The molecule has 4 nitrogen and oxygen atoms in total. The van der Waals surface area contributed by atoms with Crippen molar-refractivity contribution in [1.82, 2.24) is 4.90 Å². The second kappa shape index (κ2) is 3.79. The number of fused-ring (bicyclic) bond motifs is 3. The van der Waals surface area contributed by atoms with Crippen LogP contribution >= 0.6 is 0 Å². The lowest BCUT2D eigenvalue weighted by molar-refractivity contribution is -0.172. The van der Waals surface area contributed by atoms with Gasteiger partial charge in [0.05, 0.1) is 13.2 Å². The number of methoxy groups -OCH3 is 1. The van der Waals surface area contributed by atoms with Crippen molar-refractivity contribution in [3.05, 3.63) is 0 Å². The number of hydrogen-bond donors (Lipinski definition) is 1. The first-order valence-electron chi connectivity index (χ1n) is 5.87. The van der Waals surface area contributed by atoms with E-state index in [-0.39, 0.29) is 23.7 Å². The highest BCUT2D eigenvalue weighted by atomic mass is 16.5. The highest BCUT2D eigenvalue weighted by Crippen LogP contribution is 2.46. The number of aliphatic hydroxyl groups excluding tert-OH is 1. The van der Waals surface area contributed by atoms with Crippen LogP contribution in [0.25, 0.3) is 0 Å². The van der Waals surface area contributed by atoms with Crippen LogP contribution in [0.3, 0.4) is 0 Å². The summed E-state index contributed by atoms with van der Waals surface area (Å²) >= 11 is 0. The summed E-state index contributed by atoms with van der Waals surface area (Å²) in [6, 6.07) is 0. The van der Waals surface area contributed by atoms with Crippen LogP contribution in [0.5, 0.6) is 0 Å². The molecule has 3 aliphatic heterocycles. The van der Waals surface area contributed by atoms with E-state index < -0.39 is 5.54 Å². The van der Waals surface area contributed by atoms with Gasteiger partial charge in [-0.2, -0.15) is 0 Å². The minimum Gasteiger partial charge on any atom is -0.394 e. The van der Waals surface area contributed by atoms with E-state index in [9.17, 15) is 9.90 Å². The molecule has 1 unspecified atom stereocenters. The predicted molar refractivity (Wildman–Crippen MR) is 60.2 cm³/mol. The number of carbonyl (C=O) groups excluding carboxylic acids is 1. The van der Waals surface area contributed by atoms with E-state index in [1.165, 1.54) is 0 Å². The van der Waals surface area contributed by atoms with E-state index in [2.05, 4.69) is 18.7 Å². The molecule has 3 heterocycles. The second-order valence-electron chi connectivity index (χ2n) is 5.74. The number of ether oxygens (including phenoxy) is 1. The van der Waals surface area contributed by atoms with Crippen molar-refractivity contribution in [2.45, 2.75) is 25.8 Å². The Hall–Kier alpha value is -0.450. The molecule has 0 aromatic rings. The van der Waals surface area contributed by atoms with Crippen LogP contribution in [0.2, 0.25) is 0 Å². The van der Waals surface area contributed by atoms with Crippen LogP contribution in [0.4, 0.5) is 0 Å². The molecule has 92 valence electrons. The van der Waals surface area contributed by atoms with Gasteiger partial charge in [0.2, 0.25) is 0 Å². The molecule has 0 amide bonds. The zero-order valence-electron chi connectivity index (χ0n) is 10.3. The van der Waals surface area contributed by atoms with Crippen molar-refractivity contribution in [3.63, 3.8) is 0 Å². The molecule has 0 aromatic heterocycles. The molecule has 3 fully saturated rings. The first-order valence-corrected chi connectivity index (χ1v) is 5.87. The van der Waals surface area contributed by atoms with Crippen molar-refractivity contribution in [2.75, 3.05) is 33.4 Å². The molecular weight excluding hydrogens is 206 g/mol. The van der Waals surface area contributed by atoms with Crippen molar-refractivity contribution >= 4 is 5.78 Å². The van der Waals surface area contributed by atoms with Crippen LogP contribution in [-0.2, 0) is 9.53 Å². The Kier molecular flexibility index (Phi) is 2.85. The fraction of sp³-hybridized carbons (Fsp3) is 0.917. The fourth-order valence-corrected chi connectivity index (χ4v) is 3.31. The Labute approximate surface area is 96.6 Å². The largest absolute Gasteiger partial charge is 0.394 e. The first-order chi connectivity index (χ1) is 7.48. The van der Waals surface area contributed by atoms with Gasteiger partial charge in [0.25, 0.3) is 0 Å². The van der Waals surface area contributed by atoms with Crippen molar-refractivity contribution in [1.29, 1.82) is 0 Å². The predicted octanol–water partition coefficient (Wildman–Crippen LogP) is 0.295. The summed E-state index contributed by atoms with van der Waals surface area (Å²) < 4.78 is 5.14. The van der Waals surface area contributed by atoms with Gasteiger partial charge < -0.3 is 9.84 Å². The summed E-state index contributed by atoms with van der Waals surface area (Å²) in [4.78, 5) is 14.6. The average molecular weight is 227 g/mol. The zero-order valence-corrected chi connectivity index (χ0v) is 10.3. The Morgan fingerprint density at radius 2 is 2.25 bits per heavy atom. The summed E-state index contributed by atoms with van der Waals surface area (Å²) in [5, 5.41) is 9.59. The molecule has 3 saturated heterocycles. The maximum atomic E-state index is 12.5. The minimum absolute atomic E-state index is 0.0295. The normalized spacial score (nSPS) is 41.4.